The smallest absolute Gasteiger partial charge is 0.225 e. The van der Waals surface area contributed by atoms with Gasteiger partial charge in [-0.1, -0.05) is 30.3 Å². The molecule has 84 valence electrons. The van der Waals surface area contributed by atoms with Crippen molar-refractivity contribution in [3.63, 3.8) is 0 Å². The SMILES string of the molecule is O[PH](=S)OOP(O)(=S)Cc1ccccc1. The highest BCUT2D eigenvalue weighted by Gasteiger charge is 2.16. The van der Waals surface area contributed by atoms with Crippen molar-refractivity contribution in [2.24, 2.45) is 0 Å². The minimum absolute atomic E-state index is 0.188. The van der Waals surface area contributed by atoms with Crippen LogP contribution in [0.1, 0.15) is 5.56 Å². The van der Waals surface area contributed by atoms with Crippen molar-refractivity contribution in [2.45, 2.75) is 6.16 Å². The van der Waals surface area contributed by atoms with Crippen LogP contribution in [0.4, 0.5) is 0 Å². The van der Waals surface area contributed by atoms with E-state index in [-0.39, 0.29) is 6.16 Å². The van der Waals surface area contributed by atoms with Crippen LogP contribution in [0.15, 0.2) is 30.3 Å². The third kappa shape index (κ3) is 5.85. The molecule has 0 aromatic heterocycles. The maximum Gasteiger partial charge on any atom is 0.225 e. The topological polar surface area (TPSA) is 58.9 Å². The fraction of sp³-hybridized carbons (Fsp3) is 0.143. The molecule has 2 atom stereocenters. The van der Waals surface area contributed by atoms with Gasteiger partial charge in [-0.3, -0.25) is 0 Å². The second-order valence-electron chi connectivity index (χ2n) is 2.70. The van der Waals surface area contributed by atoms with Crippen molar-refractivity contribution < 1.29 is 19.1 Å². The van der Waals surface area contributed by atoms with Gasteiger partial charge in [-0.25, -0.2) is 0 Å². The van der Waals surface area contributed by atoms with Crippen LogP contribution in [-0.2, 0) is 39.1 Å². The maximum atomic E-state index is 9.65. The first-order valence-electron chi connectivity index (χ1n) is 3.94. The van der Waals surface area contributed by atoms with E-state index >= 15 is 0 Å². The molecule has 0 spiro atoms. The van der Waals surface area contributed by atoms with Gasteiger partial charge in [0.25, 0.3) is 0 Å². The van der Waals surface area contributed by atoms with Crippen molar-refractivity contribution in [3.05, 3.63) is 35.9 Å². The largest absolute Gasteiger partial charge is 0.345 e. The molecule has 1 aromatic rings. The minimum Gasteiger partial charge on any atom is -0.345 e. The summed E-state index contributed by atoms with van der Waals surface area (Å²) >= 11 is 9.20. The second-order valence-corrected chi connectivity index (χ2v) is 7.90. The van der Waals surface area contributed by atoms with Crippen LogP contribution in [0.5, 0.6) is 0 Å². The molecule has 0 aliphatic carbocycles. The summed E-state index contributed by atoms with van der Waals surface area (Å²) in [4.78, 5) is 18.4. The molecule has 2 unspecified atom stereocenters. The Labute approximate surface area is 98.5 Å². The molecule has 0 amide bonds. The molecule has 4 nitrogen and oxygen atoms in total. The predicted octanol–water partition coefficient (Wildman–Crippen LogP) is 1.93. The van der Waals surface area contributed by atoms with Gasteiger partial charge in [0.1, 0.15) is 0 Å². The van der Waals surface area contributed by atoms with Gasteiger partial charge in [-0.15, -0.1) is 0 Å². The highest BCUT2D eigenvalue weighted by atomic mass is 32.5. The first-order chi connectivity index (χ1) is 6.99. The van der Waals surface area contributed by atoms with Gasteiger partial charge in [0, 0.05) is 0 Å². The first-order valence-corrected chi connectivity index (χ1v) is 9.29. The summed E-state index contributed by atoms with van der Waals surface area (Å²) in [6, 6.07) is 9.16. The summed E-state index contributed by atoms with van der Waals surface area (Å²) in [5.41, 5.74) is 0.850. The van der Waals surface area contributed by atoms with Crippen LogP contribution >= 0.6 is 13.6 Å². The third-order valence-corrected chi connectivity index (χ3v) is 3.66. The van der Waals surface area contributed by atoms with Crippen LogP contribution in [0.3, 0.4) is 0 Å². The van der Waals surface area contributed by atoms with Gasteiger partial charge in [-0.2, -0.15) is 9.35 Å². The normalized spacial score (nSPS) is 16.9. The molecule has 0 aliphatic rings. The molecule has 8 heteroatoms. The van der Waals surface area contributed by atoms with Gasteiger partial charge >= 0.3 is 0 Å². The molecule has 0 saturated carbocycles. The van der Waals surface area contributed by atoms with E-state index in [1.165, 1.54) is 0 Å². The van der Waals surface area contributed by atoms with Gasteiger partial charge < -0.3 is 9.79 Å². The van der Waals surface area contributed by atoms with Crippen LogP contribution in [0, 0.1) is 0 Å². The Hall–Kier alpha value is 0.360. The zero-order chi connectivity index (χ0) is 11.3. The Bertz CT molecular complexity index is 384. The lowest BCUT2D eigenvalue weighted by atomic mass is 10.2. The predicted molar refractivity (Wildman–Crippen MR) is 66.7 cm³/mol. The van der Waals surface area contributed by atoms with Crippen LogP contribution < -0.4 is 0 Å². The van der Waals surface area contributed by atoms with E-state index in [9.17, 15) is 4.89 Å². The summed E-state index contributed by atoms with van der Waals surface area (Å²) in [6.07, 6.45) is 0.188. The molecular formula is C7H10O4P2S2. The molecule has 1 aromatic carbocycles. The summed E-state index contributed by atoms with van der Waals surface area (Å²) in [5.74, 6) is 0. The van der Waals surface area contributed by atoms with E-state index in [0.29, 0.717) is 0 Å². The van der Waals surface area contributed by atoms with E-state index in [0.717, 1.165) is 5.56 Å². The average molecular weight is 284 g/mol. The third-order valence-electron chi connectivity index (χ3n) is 1.45. The molecule has 2 N–H and O–H groups in total. The number of hydrogen-bond acceptors (Lipinski definition) is 4. The number of benzene rings is 1. The Morgan fingerprint density at radius 2 is 1.93 bits per heavy atom. The summed E-state index contributed by atoms with van der Waals surface area (Å²) in [6.45, 7) is -3.06. The van der Waals surface area contributed by atoms with Crippen molar-refractivity contribution in [2.75, 3.05) is 0 Å². The maximum absolute atomic E-state index is 9.65. The van der Waals surface area contributed by atoms with Crippen molar-refractivity contribution in [1.29, 1.82) is 0 Å². The highest BCUT2D eigenvalue weighted by Crippen LogP contribution is 2.48. The second kappa shape index (κ2) is 6.18. The van der Waals surface area contributed by atoms with E-state index in [1.807, 2.05) is 30.3 Å². The Balaban J connectivity index is 2.57. The zero-order valence-corrected chi connectivity index (χ0v) is 11.1. The summed E-state index contributed by atoms with van der Waals surface area (Å²) < 4.78 is 8.91. The molecule has 0 radical (unpaired) electrons. The molecular weight excluding hydrogens is 274 g/mol. The van der Waals surface area contributed by atoms with E-state index in [1.54, 1.807) is 0 Å². The zero-order valence-electron chi connectivity index (χ0n) is 7.57. The highest BCUT2D eigenvalue weighted by molar-refractivity contribution is 8.09. The van der Waals surface area contributed by atoms with Crippen LogP contribution in [-0.4, -0.2) is 9.79 Å². The molecule has 1 rings (SSSR count). The summed E-state index contributed by atoms with van der Waals surface area (Å²) in [7, 11) is -2.40. The number of rotatable bonds is 5. The van der Waals surface area contributed by atoms with E-state index in [4.69, 9.17) is 16.7 Å². The van der Waals surface area contributed by atoms with E-state index in [2.05, 4.69) is 21.2 Å². The fourth-order valence-corrected chi connectivity index (χ4v) is 3.37. The fourth-order valence-electron chi connectivity index (χ4n) is 0.931. The first kappa shape index (κ1) is 13.4. The lowest BCUT2D eigenvalue weighted by molar-refractivity contribution is -0.0924. The van der Waals surface area contributed by atoms with Crippen molar-refractivity contribution in [3.8, 4) is 0 Å². The van der Waals surface area contributed by atoms with Gasteiger partial charge in [0.2, 0.25) is 13.6 Å². The molecule has 0 heterocycles. The Morgan fingerprint density at radius 1 is 1.33 bits per heavy atom. The van der Waals surface area contributed by atoms with Crippen LogP contribution in [0.2, 0.25) is 0 Å². The average Bonchev–Trinajstić information content (AvgIpc) is 2.16. The molecule has 0 aliphatic heterocycles. The standard InChI is InChI=1S/C7H10O4P2S2/c8-12(14)10-11-13(9,15)6-7-4-2-1-3-5-7/h1-5,12H,6H2,(H,8,14)(H,9,15). The van der Waals surface area contributed by atoms with E-state index < -0.39 is 13.6 Å². The van der Waals surface area contributed by atoms with Gasteiger partial charge in [-0.05, 0) is 29.2 Å². The molecule has 0 bridgehead atoms. The van der Waals surface area contributed by atoms with Crippen LogP contribution in [0.25, 0.3) is 0 Å². The van der Waals surface area contributed by atoms with Crippen molar-refractivity contribution in [1.82, 2.24) is 0 Å². The summed E-state index contributed by atoms with van der Waals surface area (Å²) in [5, 5.41) is 0. The monoisotopic (exact) mass is 284 g/mol. The lowest BCUT2D eigenvalue weighted by Gasteiger charge is -2.13. The Morgan fingerprint density at radius 3 is 2.47 bits per heavy atom. The quantitative estimate of drug-likeness (QED) is 0.489. The number of hydrogen-bond donors (Lipinski definition) is 2. The van der Waals surface area contributed by atoms with Gasteiger partial charge in [0.05, 0.1) is 6.16 Å². The lowest BCUT2D eigenvalue weighted by Crippen LogP contribution is -1.91. The van der Waals surface area contributed by atoms with Crippen molar-refractivity contribution >= 4 is 37.3 Å². The molecule has 0 fully saturated rings. The van der Waals surface area contributed by atoms with Gasteiger partial charge in [0.15, 0.2) is 0 Å². The Kier molecular flexibility index (Phi) is 5.53. The molecule has 0 saturated heterocycles. The minimum atomic E-state index is -3.06. The molecule has 15 heavy (non-hydrogen) atoms.